The number of rotatable bonds is 4. The van der Waals surface area contributed by atoms with Gasteiger partial charge in [0.2, 0.25) is 5.91 Å². The zero-order valence-corrected chi connectivity index (χ0v) is 11.8. The minimum Gasteiger partial charge on any atom is -0.508 e. The lowest BCUT2D eigenvalue weighted by molar-refractivity contribution is -0.119. The molecule has 1 amide bonds. The Labute approximate surface area is 116 Å². The second kappa shape index (κ2) is 5.83. The summed E-state index contributed by atoms with van der Waals surface area (Å²) in [6, 6.07) is 6.39. The quantitative estimate of drug-likeness (QED) is 0.803. The van der Waals surface area contributed by atoms with Gasteiger partial charge < -0.3 is 10.4 Å². The molecule has 19 heavy (non-hydrogen) atoms. The van der Waals surface area contributed by atoms with Crippen molar-refractivity contribution in [1.29, 1.82) is 0 Å². The number of hydrogen-bond donors (Lipinski definition) is 2. The molecule has 1 atom stereocenters. The molecule has 1 aromatic rings. The Morgan fingerprint density at radius 1 is 1.47 bits per heavy atom. The van der Waals surface area contributed by atoms with Gasteiger partial charge in [-0.15, -0.1) is 11.8 Å². The van der Waals surface area contributed by atoms with E-state index in [4.69, 9.17) is 0 Å². The van der Waals surface area contributed by atoms with Crippen LogP contribution in [-0.4, -0.2) is 42.7 Å². The molecular formula is C12H15NO4S2. The van der Waals surface area contributed by atoms with Gasteiger partial charge >= 0.3 is 0 Å². The minimum atomic E-state index is -2.97. The van der Waals surface area contributed by atoms with Crippen LogP contribution in [0.3, 0.4) is 0 Å². The molecule has 2 N–H and O–H groups in total. The number of phenolic OH excluding ortho intramolecular Hbond substituents is 1. The van der Waals surface area contributed by atoms with Crippen LogP contribution in [0.5, 0.6) is 5.75 Å². The van der Waals surface area contributed by atoms with Crippen molar-refractivity contribution in [3.8, 4) is 5.75 Å². The molecular weight excluding hydrogens is 286 g/mol. The van der Waals surface area contributed by atoms with Crippen molar-refractivity contribution in [2.75, 3.05) is 17.3 Å². The summed E-state index contributed by atoms with van der Waals surface area (Å²) >= 11 is 1.30. The highest BCUT2D eigenvalue weighted by Crippen LogP contribution is 2.22. The van der Waals surface area contributed by atoms with Crippen molar-refractivity contribution in [2.45, 2.75) is 17.4 Å². The lowest BCUT2D eigenvalue weighted by atomic mass is 10.3. The number of carbonyl (C=O) groups excluding carboxylic acids is 1. The molecule has 2 rings (SSSR count). The normalized spacial score (nSPS) is 21.2. The first-order valence-electron chi connectivity index (χ1n) is 5.86. The molecule has 1 aliphatic rings. The molecule has 0 saturated carbocycles. The molecule has 1 aromatic carbocycles. The molecule has 0 spiro atoms. The Kier molecular flexibility index (Phi) is 4.36. The molecule has 1 saturated heterocycles. The summed E-state index contributed by atoms with van der Waals surface area (Å²) < 4.78 is 22.5. The highest BCUT2D eigenvalue weighted by atomic mass is 32.2. The van der Waals surface area contributed by atoms with Gasteiger partial charge in [0.15, 0.2) is 9.84 Å². The molecule has 7 heteroatoms. The van der Waals surface area contributed by atoms with Crippen LogP contribution in [0.25, 0.3) is 0 Å². The maximum atomic E-state index is 11.7. The lowest BCUT2D eigenvalue weighted by Crippen LogP contribution is -2.36. The van der Waals surface area contributed by atoms with Crippen LogP contribution in [0, 0.1) is 0 Å². The summed E-state index contributed by atoms with van der Waals surface area (Å²) in [5.41, 5.74) is 0. The number of carbonyl (C=O) groups is 1. The number of phenols is 1. The van der Waals surface area contributed by atoms with Gasteiger partial charge in [-0.3, -0.25) is 4.79 Å². The Balaban J connectivity index is 1.79. The third-order valence-corrected chi connectivity index (χ3v) is 5.55. The molecule has 0 aliphatic carbocycles. The van der Waals surface area contributed by atoms with Crippen LogP contribution in [-0.2, 0) is 14.6 Å². The Bertz CT molecular complexity index is 571. The minimum absolute atomic E-state index is 0.0372. The largest absolute Gasteiger partial charge is 0.508 e. The number of nitrogens with one attached hydrogen (secondary N) is 1. The van der Waals surface area contributed by atoms with Crippen LogP contribution in [0.15, 0.2) is 29.2 Å². The van der Waals surface area contributed by atoms with Gasteiger partial charge in [-0.2, -0.15) is 0 Å². The topological polar surface area (TPSA) is 83.5 Å². The molecule has 1 unspecified atom stereocenters. The van der Waals surface area contributed by atoms with E-state index in [0.717, 1.165) is 4.90 Å². The Hall–Kier alpha value is -1.21. The van der Waals surface area contributed by atoms with Crippen molar-refractivity contribution in [3.05, 3.63) is 24.3 Å². The number of benzene rings is 1. The number of thioether (sulfide) groups is 1. The SMILES string of the molecule is O=C(CSc1cccc(O)c1)NC1CCS(=O)(=O)C1. The molecule has 5 nitrogen and oxygen atoms in total. The molecule has 0 bridgehead atoms. The van der Waals surface area contributed by atoms with Gasteiger partial charge in [-0.1, -0.05) is 6.07 Å². The summed E-state index contributed by atoms with van der Waals surface area (Å²) in [5.74, 6) is 0.371. The second-order valence-electron chi connectivity index (χ2n) is 4.45. The molecule has 1 fully saturated rings. The van der Waals surface area contributed by atoms with Crippen LogP contribution in [0.1, 0.15) is 6.42 Å². The first kappa shape index (κ1) is 14.2. The number of sulfone groups is 1. The first-order valence-corrected chi connectivity index (χ1v) is 8.67. The number of aromatic hydroxyl groups is 1. The van der Waals surface area contributed by atoms with Gasteiger partial charge in [-0.05, 0) is 24.6 Å². The van der Waals surface area contributed by atoms with Crippen LogP contribution in [0.4, 0.5) is 0 Å². The molecule has 1 aliphatic heterocycles. The molecule has 0 aromatic heterocycles. The molecule has 104 valence electrons. The van der Waals surface area contributed by atoms with Gasteiger partial charge in [-0.25, -0.2) is 8.42 Å². The van der Waals surface area contributed by atoms with Crippen molar-refractivity contribution >= 4 is 27.5 Å². The first-order chi connectivity index (χ1) is 8.94. The number of hydrogen-bond acceptors (Lipinski definition) is 5. The maximum Gasteiger partial charge on any atom is 0.230 e. The molecule has 1 heterocycles. The summed E-state index contributed by atoms with van der Waals surface area (Å²) in [4.78, 5) is 12.5. The zero-order chi connectivity index (χ0) is 13.9. The summed E-state index contributed by atoms with van der Waals surface area (Å²) in [7, 11) is -2.97. The Morgan fingerprint density at radius 3 is 2.89 bits per heavy atom. The van der Waals surface area contributed by atoms with Gasteiger partial charge in [0, 0.05) is 10.9 Å². The smallest absolute Gasteiger partial charge is 0.230 e. The van der Waals surface area contributed by atoms with Crippen molar-refractivity contribution < 1.29 is 18.3 Å². The fourth-order valence-corrected chi connectivity index (χ4v) is 4.33. The average Bonchev–Trinajstić information content (AvgIpc) is 2.66. The van der Waals surface area contributed by atoms with E-state index in [-0.39, 0.29) is 35.0 Å². The second-order valence-corrected chi connectivity index (χ2v) is 7.73. The van der Waals surface area contributed by atoms with E-state index < -0.39 is 9.84 Å². The van der Waals surface area contributed by atoms with Crippen molar-refractivity contribution in [2.24, 2.45) is 0 Å². The van der Waals surface area contributed by atoms with Crippen LogP contribution < -0.4 is 5.32 Å². The predicted molar refractivity (Wildman–Crippen MR) is 74.0 cm³/mol. The van der Waals surface area contributed by atoms with E-state index in [2.05, 4.69) is 5.32 Å². The molecule has 0 radical (unpaired) electrons. The summed E-state index contributed by atoms with van der Waals surface area (Å²) in [5, 5.41) is 12.0. The lowest BCUT2D eigenvalue weighted by Gasteiger charge is -2.10. The van der Waals surface area contributed by atoms with E-state index in [1.54, 1.807) is 24.3 Å². The standard InChI is InChI=1S/C12H15NO4S2/c14-10-2-1-3-11(6-10)18-7-12(15)13-9-4-5-19(16,17)8-9/h1-3,6,9,14H,4-5,7-8H2,(H,13,15). The fourth-order valence-electron chi connectivity index (χ4n) is 1.90. The van der Waals surface area contributed by atoms with Crippen LogP contribution >= 0.6 is 11.8 Å². The van der Waals surface area contributed by atoms with Crippen molar-refractivity contribution in [3.63, 3.8) is 0 Å². The monoisotopic (exact) mass is 301 g/mol. The number of amides is 1. The van der Waals surface area contributed by atoms with E-state index in [0.29, 0.717) is 6.42 Å². The Morgan fingerprint density at radius 2 is 2.26 bits per heavy atom. The third-order valence-electron chi connectivity index (χ3n) is 2.79. The zero-order valence-electron chi connectivity index (χ0n) is 10.2. The highest BCUT2D eigenvalue weighted by molar-refractivity contribution is 8.00. The van der Waals surface area contributed by atoms with E-state index in [1.807, 2.05) is 0 Å². The van der Waals surface area contributed by atoms with Gasteiger partial charge in [0.05, 0.1) is 17.3 Å². The van der Waals surface area contributed by atoms with E-state index in [1.165, 1.54) is 11.8 Å². The van der Waals surface area contributed by atoms with Crippen LogP contribution in [0.2, 0.25) is 0 Å². The van der Waals surface area contributed by atoms with Crippen molar-refractivity contribution in [1.82, 2.24) is 5.32 Å². The van der Waals surface area contributed by atoms with E-state index >= 15 is 0 Å². The maximum absolute atomic E-state index is 11.7. The average molecular weight is 301 g/mol. The summed E-state index contributed by atoms with van der Waals surface area (Å²) in [6.07, 6.45) is 0.491. The highest BCUT2D eigenvalue weighted by Gasteiger charge is 2.28. The summed E-state index contributed by atoms with van der Waals surface area (Å²) in [6.45, 7) is 0. The van der Waals surface area contributed by atoms with Gasteiger partial charge in [0.25, 0.3) is 0 Å². The predicted octanol–water partition coefficient (Wildman–Crippen LogP) is 0.788. The fraction of sp³-hybridized carbons (Fsp3) is 0.417. The third kappa shape index (κ3) is 4.43. The van der Waals surface area contributed by atoms with E-state index in [9.17, 15) is 18.3 Å². The van der Waals surface area contributed by atoms with Gasteiger partial charge in [0.1, 0.15) is 5.75 Å².